The largest absolute Gasteiger partial charge is 0.464 e. The second kappa shape index (κ2) is 6.67. The summed E-state index contributed by atoms with van der Waals surface area (Å²) >= 11 is 3.99. The van der Waals surface area contributed by atoms with Crippen molar-refractivity contribution in [1.29, 1.82) is 0 Å². The van der Waals surface area contributed by atoms with Crippen molar-refractivity contribution in [2.75, 3.05) is 12.4 Å². The van der Waals surface area contributed by atoms with Gasteiger partial charge < -0.3 is 14.9 Å². The van der Waals surface area contributed by atoms with E-state index in [0.717, 1.165) is 0 Å². The van der Waals surface area contributed by atoms with E-state index in [0.29, 0.717) is 24.3 Å². The van der Waals surface area contributed by atoms with Crippen LogP contribution in [-0.4, -0.2) is 38.6 Å². The molecule has 0 aliphatic heterocycles. The fourth-order valence-electron chi connectivity index (χ4n) is 1.19. The van der Waals surface area contributed by atoms with E-state index in [2.05, 4.69) is 22.6 Å². The lowest BCUT2D eigenvalue weighted by atomic mass is 10.1. The Morgan fingerprint density at radius 1 is 1.38 bits per heavy atom. The molecule has 0 saturated carbocycles. The molecule has 1 aromatic heterocycles. The van der Waals surface area contributed by atoms with Gasteiger partial charge in [0.25, 0.3) is 0 Å². The molecule has 0 aliphatic carbocycles. The summed E-state index contributed by atoms with van der Waals surface area (Å²) in [5, 5.41) is 19.3. The molecule has 5 nitrogen and oxygen atoms in total. The third-order valence-corrected chi connectivity index (χ3v) is 2.31. The van der Waals surface area contributed by atoms with Gasteiger partial charge in [-0.2, -0.15) is 12.6 Å². The second-order valence-corrected chi connectivity index (χ2v) is 3.70. The lowest BCUT2D eigenvalue weighted by molar-refractivity contribution is 0.0167. The molecule has 0 fully saturated rings. The molecule has 2 unspecified atom stereocenters. The Bertz CT molecular complexity index is 307. The summed E-state index contributed by atoms with van der Waals surface area (Å²) in [5.74, 6) is 0.510. The van der Waals surface area contributed by atoms with Crippen LogP contribution in [-0.2, 0) is 0 Å². The lowest BCUT2D eigenvalue weighted by Crippen LogP contribution is -2.19. The predicted octanol–water partition coefficient (Wildman–Crippen LogP) is 0.589. The van der Waals surface area contributed by atoms with Gasteiger partial charge in [-0.15, -0.1) is 0 Å². The number of hydrogen-bond acceptors (Lipinski definition) is 6. The van der Waals surface area contributed by atoms with Gasteiger partial charge in [0, 0.05) is 18.0 Å². The maximum absolute atomic E-state index is 9.74. The monoisotopic (exact) mass is 244 g/mol. The minimum atomic E-state index is -0.983. The fraction of sp³-hybridized carbons (Fsp3) is 0.600. The lowest BCUT2D eigenvalue weighted by Gasteiger charge is -2.16. The third kappa shape index (κ3) is 3.62. The van der Waals surface area contributed by atoms with E-state index in [4.69, 9.17) is 4.74 Å². The number of hydrogen-bond donors (Lipinski definition) is 3. The summed E-state index contributed by atoms with van der Waals surface area (Å²) < 4.78 is 5.07. The van der Waals surface area contributed by atoms with Crippen molar-refractivity contribution in [2.45, 2.75) is 25.6 Å². The van der Waals surface area contributed by atoms with Gasteiger partial charge in [0.05, 0.1) is 12.7 Å². The first-order valence-corrected chi connectivity index (χ1v) is 5.74. The van der Waals surface area contributed by atoms with E-state index in [1.807, 2.05) is 6.92 Å². The fourth-order valence-corrected chi connectivity index (χ4v) is 1.46. The Balaban J connectivity index is 2.65. The highest BCUT2D eigenvalue weighted by Crippen LogP contribution is 2.18. The number of nitrogens with zero attached hydrogens (tertiary/aromatic N) is 2. The molecule has 0 amide bonds. The Morgan fingerprint density at radius 2 is 2.00 bits per heavy atom. The first kappa shape index (κ1) is 13.2. The van der Waals surface area contributed by atoms with Crippen LogP contribution in [0.15, 0.2) is 12.4 Å². The summed E-state index contributed by atoms with van der Waals surface area (Å²) in [6.07, 6.45) is 1.48. The highest BCUT2D eigenvalue weighted by molar-refractivity contribution is 7.80. The zero-order valence-corrected chi connectivity index (χ0v) is 9.97. The summed E-state index contributed by atoms with van der Waals surface area (Å²) in [6.45, 7) is 2.33. The molecule has 0 radical (unpaired) electrons. The van der Waals surface area contributed by atoms with Crippen molar-refractivity contribution in [3.63, 3.8) is 0 Å². The molecule has 0 saturated heterocycles. The van der Waals surface area contributed by atoms with Crippen molar-refractivity contribution in [3.05, 3.63) is 18.0 Å². The first-order chi connectivity index (χ1) is 7.69. The quantitative estimate of drug-likeness (QED) is 0.639. The van der Waals surface area contributed by atoms with Crippen LogP contribution in [0.5, 0.6) is 6.01 Å². The number of rotatable bonds is 6. The second-order valence-electron chi connectivity index (χ2n) is 3.26. The van der Waals surface area contributed by atoms with Gasteiger partial charge in [-0.3, -0.25) is 0 Å². The summed E-state index contributed by atoms with van der Waals surface area (Å²) in [5.41, 5.74) is 0.470. The molecule has 2 N–H and O–H groups in total. The van der Waals surface area contributed by atoms with Crippen LogP contribution in [0.4, 0.5) is 0 Å². The molecule has 6 heteroatoms. The maximum Gasteiger partial charge on any atom is 0.316 e. The standard InChI is InChI=1S/C10H16N2O3S/c1-2-15-10-11-5-7(6-12-10)9(14)8(13)3-4-16/h5-6,8-9,13-14,16H,2-4H2,1H3. The molecule has 2 atom stereocenters. The Kier molecular flexibility index (Phi) is 5.51. The summed E-state index contributed by atoms with van der Waals surface area (Å²) in [4.78, 5) is 7.82. The number of aromatic nitrogens is 2. The Labute approximate surface area is 99.9 Å². The molecule has 0 aromatic carbocycles. The molecule has 0 bridgehead atoms. The molecule has 0 spiro atoms. The minimum Gasteiger partial charge on any atom is -0.464 e. The number of aliphatic hydroxyl groups excluding tert-OH is 2. The molecule has 1 aromatic rings. The molecule has 90 valence electrons. The molecule has 0 aliphatic rings. The van der Waals surface area contributed by atoms with E-state index >= 15 is 0 Å². The number of aliphatic hydroxyl groups is 2. The highest BCUT2D eigenvalue weighted by Gasteiger charge is 2.18. The van der Waals surface area contributed by atoms with Crippen LogP contribution in [0.3, 0.4) is 0 Å². The zero-order chi connectivity index (χ0) is 12.0. The highest BCUT2D eigenvalue weighted by atomic mass is 32.1. The van der Waals surface area contributed by atoms with Crippen molar-refractivity contribution in [3.8, 4) is 6.01 Å². The topological polar surface area (TPSA) is 75.5 Å². The molecular weight excluding hydrogens is 228 g/mol. The van der Waals surface area contributed by atoms with Crippen molar-refractivity contribution >= 4 is 12.6 Å². The van der Waals surface area contributed by atoms with Crippen LogP contribution >= 0.6 is 12.6 Å². The van der Waals surface area contributed by atoms with Crippen molar-refractivity contribution < 1.29 is 14.9 Å². The maximum atomic E-state index is 9.74. The normalized spacial score (nSPS) is 14.5. The predicted molar refractivity (Wildman–Crippen MR) is 62.6 cm³/mol. The van der Waals surface area contributed by atoms with E-state index in [1.54, 1.807) is 0 Å². The van der Waals surface area contributed by atoms with E-state index in [9.17, 15) is 10.2 Å². The Hall–Kier alpha value is -0.850. The SMILES string of the molecule is CCOc1ncc(C(O)C(O)CCS)cn1. The van der Waals surface area contributed by atoms with Gasteiger partial charge in [0.2, 0.25) is 0 Å². The van der Waals surface area contributed by atoms with E-state index in [1.165, 1.54) is 12.4 Å². The number of thiol groups is 1. The zero-order valence-electron chi connectivity index (χ0n) is 9.08. The van der Waals surface area contributed by atoms with Gasteiger partial charge in [0.15, 0.2) is 0 Å². The number of ether oxygens (including phenoxy) is 1. The van der Waals surface area contributed by atoms with Crippen LogP contribution in [0.2, 0.25) is 0 Å². The minimum absolute atomic E-state index is 0.266. The average molecular weight is 244 g/mol. The first-order valence-electron chi connectivity index (χ1n) is 5.10. The van der Waals surface area contributed by atoms with Gasteiger partial charge in [0.1, 0.15) is 6.10 Å². The van der Waals surface area contributed by atoms with Gasteiger partial charge >= 0.3 is 6.01 Å². The van der Waals surface area contributed by atoms with Crippen LogP contribution in [0.25, 0.3) is 0 Å². The third-order valence-electron chi connectivity index (χ3n) is 2.05. The summed E-state index contributed by atoms with van der Waals surface area (Å²) in [6, 6.07) is 0.266. The Morgan fingerprint density at radius 3 is 2.50 bits per heavy atom. The van der Waals surface area contributed by atoms with Crippen LogP contribution in [0.1, 0.15) is 25.0 Å². The van der Waals surface area contributed by atoms with E-state index in [-0.39, 0.29) is 6.01 Å². The van der Waals surface area contributed by atoms with Gasteiger partial charge in [-0.25, -0.2) is 9.97 Å². The van der Waals surface area contributed by atoms with Crippen molar-refractivity contribution in [2.24, 2.45) is 0 Å². The van der Waals surface area contributed by atoms with E-state index < -0.39 is 12.2 Å². The average Bonchev–Trinajstić information content (AvgIpc) is 2.30. The molecule has 1 heterocycles. The smallest absolute Gasteiger partial charge is 0.316 e. The molecule has 16 heavy (non-hydrogen) atoms. The van der Waals surface area contributed by atoms with Crippen LogP contribution < -0.4 is 4.74 Å². The molecule has 1 rings (SSSR count). The van der Waals surface area contributed by atoms with Gasteiger partial charge in [-0.05, 0) is 19.1 Å². The van der Waals surface area contributed by atoms with Crippen molar-refractivity contribution in [1.82, 2.24) is 9.97 Å². The molecular formula is C10H16N2O3S. The van der Waals surface area contributed by atoms with Crippen LogP contribution in [0, 0.1) is 0 Å². The van der Waals surface area contributed by atoms with Gasteiger partial charge in [-0.1, -0.05) is 0 Å². The summed E-state index contributed by atoms with van der Waals surface area (Å²) in [7, 11) is 0.